The van der Waals surface area contributed by atoms with Crippen LogP contribution in [0.2, 0.25) is 0 Å². The van der Waals surface area contributed by atoms with Crippen LogP contribution in [0.4, 0.5) is 0 Å². The average Bonchev–Trinajstić information content (AvgIpc) is 2.95. The summed E-state index contributed by atoms with van der Waals surface area (Å²) < 4.78 is 0. The Balaban J connectivity index is 2.02. The van der Waals surface area contributed by atoms with Gasteiger partial charge in [0.2, 0.25) is 0 Å². The fourth-order valence-electron chi connectivity index (χ4n) is 2.46. The van der Waals surface area contributed by atoms with Crippen LogP contribution in [0.3, 0.4) is 0 Å². The van der Waals surface area contributed by atoms with Crippen LogP contribution >= 0.6 is 0 Å². The lowest BCUT2D eigenvalue weighted by atomic mass is 10.2. The molecule has 2 rings (SSSR count). The van der Waals surface area contributed by atoms with Crippen molar-refractivity contribution >= 4 is 5.91 Å². The number of hydrogen-bond acceptors (Lipinski definition) is 3. The third-order valence-corrected chi connectivity index (χ3v) is 3.84. The summed E-state index contributed by atoms with van der Waals surface area (Å²) >= 11 is 0. The summed E-state index contributed by atoms with van der Waals surface area (Å²) in [6, 6.07) is 0.856. The monoisotopic (exact) mass is 250 g/mol. The number of amides is 1. The van der Waals surface area contributed by atoms with Crippen molar-refractivity contribution in [3.8, 4) is 0 Å². The molecule has 1 N–H and O–H groups in total. The summed E-state index contributed by atoms with van der Waals surface area (Å²) in [6.45, 7) is 8.33. The van der Waals surface area contributed by atoms with Crippen molar-refractivity contribution in [2.24, 2.45) is 0 Å². The van der Waals surface area contributed by atoms with Gasteiger partial charge in [-0.1, -0.05) is 0 Å². The number of nitrogens with one attached hydrogen (secondary N) is 1. The van der Waals surface area contributed by atoms with E-state index < -0.39 is 0 Å². The van der Waals surface area contributed by atoms with Crippen LogP contribution in [0.25, 0.3) is 0 Å². The van der Waals surface area contributed by atoms with E-state index in [1.165, 1.54) is 0 Å². The lowest BCUT2D eigenvalue weighted by molar-refractivity contribution is 0.0725. The molecule has 1 atom stereocenters. The Bertz CT molecular complexity index is 426. The molecule has 0 aliphatic carbocycles. The Morgan fingerprint density at radius 1 is 1.61 bits per heavy atom. The topological polar surface area (TPSA) is 52.2 Å². The second kappa shape index (κ2) is 5.10. The van der Waals surface area contributed by atoms with E-state index in [2.05, 4.69) is 28.9 Å². The Kier molecular flexibility index (Phi) is 3.71. The van der Waals surface area contributed by atoms with E-state index in [1.807, 2.05) is 18.9 Å². The number of H-pyrrole nitrogens is 1. The number of likely N-dealkylation sites (N-methyl/N-ethyl adjacent to an activating group) is 1. The van der Waals surface area contributed by atoms with Crippen molar-refractivity contribution in [2.75, 3.05) is 20.1 Å². The molecule has 1 aliphatic heterocycles. The molecule has 0 bridgehead atoms. The number of carbonyl (C=O) groups is 1. The van der Waals surface area contributed by atoms with Gasteiger partial charge in [-0.15, -0.1) is 0 Å². The van der Waals surface area contributed by atoms with E-state index in [4.69, 9.17) is 0 Å². The van der Waals surface area contributed by atoms with Crippen LogP contribution < -0.4 is 0 Å². The van der Waals surface area contributed by atoms with E-state index in [0.717, 1.165) is 25.1 Å². The van der Waals surface area contributed by atoms with E-state index in [1.54, 1.807) is 6.20 Å². The van der Waals surface area contributed by atoms with Crippen LogP contribution in [0.15, 0.2) is 6.20 Å². The Labute approximate surface area is 108 Å². The minimum atomic E-state index is 0.0422. The van der Waals surface area contributed by atoms with Gasteiger partial charge >= 0.3 is 0 Å². The molecule has 100 valence electrons. The summed E-state index contributed by atoms with van der Waals surface area (Å²) in [5, 5.41) is 6.70. The molecule has 1 aromatic heterocycles. The molecule has 0 spiro atoms. The second-order valence-corrected chi connectivity index (χ2v) is 5.38. The molecule has 0 aromatic carbocycles. The number of hydrogen-bond donors (Lipinski definition) is 1. The van der Waals surface area contributed by atoms with Crippen molar-refractivity contribution in [1.29, 1.82) is 0 Å². The number of aromatic nitrogens is 2. The van der Waals surface area contributed by atoms with Crippen LogP contribution in [0.5, 0.6) is 0 Å². The smallest absolute Gasteiger partial charge is 0.272 e. The zero-order valence-corrected chi connectivity index (χ0v) is 11.6. The molecule has 18 heavy (non-hydrogen) atoms. The van der Waals surface area contributed by atoms with Gasteiger partial charge < -0.3 is 4.90 Å². The van der Waals surface area contributed by atoms with Crippen molar-refractivity contribution in [2.45, 2.75) is 39.3 Å². The number of likely N-dealkylation sites (tertiary alicyclic amines) is 1. The van der Waals surface area contributed by atoms with Crippen molar-refractivity contribution < 1.29 is 4.79 Å². The number of carbonyl (C=O) groups excluding carboxylic acids is 1. The highest BCUT2D eigenvalue weighted by Gasteiger charge is 2.30. The lowest BCUT2D eigenvalue weighted by Gasteiger charge is -2.26. The molecule has 1 aliphatic rings. The first-order valence-electron chi connectivity index (χ1n) is 6.52. The largest absolute Gasteiger partial charge is 0.336 e. The van der Waals surface area contributed by atoms with E-state index >= 15 is 0 Å². The van der Waals surface area contributed by atoms with Gasteiger partial charge in [0, 0.05) is 32.2 Å². The maximum absolute atomic E-state index is 12.3. The van der Waals surface area contributed by atoms with Crippen LogP contribution in [0.1, 0.15) is 36.3 Å². The summed E-state index contributed by atoms with van der Waals surface area (Å²) in [5.41, 5.74) is 1.52. The molecule has 0 radical (unpaired) electrons. The molecule has 1 fully saturated rings. The van der Waals surface area contributed by atoms with Gasteiger partial charge in [0.1, 0.15) is 5.69 Å². The maximum atomic E-state index is 12.3. The standard InChI is InChI=1S/C13H22N4O/c1-9(2)17-6-5-11(8-17)16(4)13(18)12-10(3)7-14-15-12/h7,9,11H,5-6,8H2,1-4H3,(H,14,15). The van der Waals surface area contributed by atoms with Gasteiger partial charge in [0.05, 0.1) is 6.20 Å². The second-order valence-electron chi connectivity index (χ2n) is 5.38. The Hall–Kier alpha value is -1.36. The highest BCUT2D eigenvalue weighted by molar-refractivity contribution is 5.93. The quantitative estimate of drug-likeness (QED) is 0.879. The van der Waals surface area contributed by atoms with Gasteiger partial charge in [-0.2, -0.15) is 5.10 Å². The van der Waals surface area contributed by atoms with Gasteiger partial charge in [-0.05, 0) is 32.8 Å². The number of aryl methyl sites for hydroxylation is 1. The first kappa shape index (κ1) is 13.1. The Morgan fingerprint density at radius 3 is 2.83 bits per heavy atom. The molecular weight excluding hydrogens is 228 g/mol. The SMILES string of the molecule is Cc1cn[nH]c1C(=O)N(C)C1CCN(C(C)C)C1. The molecule has 1 amide bonds. The van der Waals surface area contributed by atoms with Crippen molar-refractivity contribution in [3.63, 3.8) is 0 Å². The summed E-state index contributed by atoms with van der Waals surface area (Å²) in [6.07, 6.45) is 2.74. The van der Waals surface area contributed by atoms with E-state index in [-0.39, 0.29) is 5.91 Å². The summed E-state index contributed by atoms with van der Waals surface area (Å²) in [5.74, 6) is 0.0422. The molecule has 1 saturated heterocycles. The van der Waals surface area contributed by atoms with E-state index in [9.17, 15) is 4.79 Å². The first-order chi connectivity index (χ1) is 8.50. The number of rotatable bonds is 3. The molecule has 5 nitrogen and oxygen atoms in total. The summed E-state index contributed by atoms with van der Waals surface area (Å²) in [7, 11) is 1.89. The molecule has 0 saturated carbocycles. The van der Waals surface area contributed by atoms with Crippen molar-refractivity contribution in [3.05, 3.63) is 17.5 Å². The van der Waals surface area contributed by atoms with Gasteiger partial charge in [-0.3, -0.25) is 14.8 Å². The number of aromatic amines is 1. The normalized spacial score (nSPS) is 20.6. The predicted molar refractivity (Wildman–Crippen MR) is 70.5 cm³/mol. The zero-order chi connectivity index (χ0) is 13.3. The van der Waals surface area contributed by atoms with Crippen LogP contribution in [-0.2, 0) is 0 Å². The minimum absolute atomic E-state index is 0.0422. The van der Waals surface area contributed by atoms with Crippen LogP contribution in [-0.4, -0.2) is 58.1 Å². The van der Waals surface area contributed by atoms with Gasteiger partial charge in [-0.25, -0.2) is 0 Å². The number of nitrogens with zero attached hydrogens (tertiary/aromatic N) is 3. The molecule has 1 unspecified atom stereocenters. The fourth-order valence-corrected chi connectivity index (χ4v) is 2.46. The maximum Gasteiger partial charge on any atom is 0.272 e. The summed E-state index contributed by atoms with van der Waals surface area (Å²) in [4.78, 5) is 16.6. The highest BCUT2D eigenvalue weighted by atomic mass is 16.2. The molecule has 1 aromatic rings. The predicted octanol–water partition coefficient (Wildman–Crippen LogP) is 1.27. The third-order valence-electron chi connectivity index (χ3n) is 3.84. The minimum Gasteiger partial charge on any atom is -0.336 e. The lowest BCUT2D eigenvalue weighted by Crippen LogP contribution is -2.40. The van der Waals surface area contributed by atoms with E-state index in [0.29, 0.717) is 17.8 Å². The highest BCUT2D eigenvalue weighted by Crippen LogP contribution is 2.18. The van der Waals surface area contributed by atoms with Gasteiger partial charge in [0.15, 0.2) is 0 Å². The van der Waals surface area contributed by atoms with Gasteiger partial charge in [0.25, 0.3) is 5.91 Å². The fraction of sp³-hybridized carbons (Fsp3) is 0.692. The third kappa shape index (κ3) is 2.41. The zero-order valence-electron chi connectivity index (χ0n) is 11.6. The molecule has 5 heteroatoms. The Morgan fingerprint density at radius 2 is 2.33 bits per heavy atom. The molecular formula is C13H22N4O. The first-order valence-corrected chi connectivity index (χ1v) is 6.52. The molecule has 2 heterocycles. The van der Waals surface area contributed by atoms with Crippen molar-refractivity contribution in [1.82, 2.24) is 20.0 Å². The average molecular weight is 250 g/mol. The van der Waals surface area contributed by atoms with Crippen LogP contribution in [0, 0.1) is 6.92 Å².